The zero-order valence-corrected chi connectivity index (χ0v) is 10.6. The maximum atomic E-state index is 12.0. The Labute approximate surface area is 108 Å². The summed E-state index contributed by atoms with van der Waals surface area (Å²) in [4.78, 5) is 12.1. The van der Waals surface area contributed by atoms with E-state index in [1.54, 1.807) is 11.7 Å². The molecule has 1 heterocycles. The molecule has 0 aliphatic heterocycles. The molecule has 3 nitrogen and oxygen atoms in total. The number of fused-ring (bicyclic) bond motifs is 1. The normalized spacial score (nSPS) is 10.7. The average Bonchev–Trinajstić information content (AvgIpc) is 2.75. The fraction of sp³-hybridized carbons (Fsp3) is 0.0714. The highest BCUT2D eigenvalue weighted by Crippen LogP contribution is 2.21. The van der Waals surface area contributed by atoms with Gasteiger partial charge in [0.05, 0.1) is 23.0 Å². The average molecular weight is 257 g/mol. The van der Waals surface area contributed by atoms with Crippen LogP contribution in [0.4, 0.5) is 0 Å². The second-order valence-corrected chi connectivity index (χ2v) is 4.86. The maximum Gasteiger partial charge on any atom is 0.312 e. The Balaban J connectivity index is 2.24. The molecule has 90 valence electrons. The van der Waals surface area contributed by atoms with Gasteiger partial charge in [0.2, 0.25) is 0 Å². The van der Waals surface area contributed by atoms with Gasteiger partial charge in [0.1, 0.15) is 5.75 Å². The van der Waals surface area contributed by atoms with Crippen LogP contribution < -0.4 is 9.61 Å². The number of hydrogen-bond donors (Lipinski definition) is 0. The summed E-state index contributed by atoms with van der Waals surface area (Å²) in [5.74, 6) is 0.784. The minimum Gasteiger partial charge on any atom is -0.497 e. The lowest BCUT2D eigenvalue weighted by Crippen LogP contribution is -2.09. The van der Waals surface area contributed by atoms with Gasteiger partial charge in [-0.1, -0.05) is 23.5 Å². The number of nitrogens with zero attached hydrogens (tertiary/aromatic N) is 1. The van der Waals surface area contributed by atoms with Crippen LogP contribution >= 0.6 is 11.3 Å². The van der Waals surface area contributed by atoms with E-state index in [9.17, 15) is 4.79 Å². The lowest BCUT2D eigenvalue weighted by Gasteiger charge is -2.05. The summed E-state index contributed by atoms with van der Waals surface area (Å²) in [6, 6.07) is 15.3. The van der Waals surface area contributed by atoms with E-state index in [-0.39, 0.29) is 4.87 Å². The molecule has 0 saturated carbocycles. The van der Waals surface area contributed by atoms with Gasteiger partial charge < -0.3 is 4.74 Å². The molecule has 0 saturated heterocycles. The second kappa shape index (κ2) is 4.31. The third-order valence-corrected chi connectivity index (χ3v) is 3.74. The van der Waals surface area contributed by atoms with Gasteiger partial charge in [0.25, 0.3) is 0 Å². The number of aromatic nitrogens is 1. The Kier molecular flexibility index (Phi) is 2.64. The quantitative estimate of drug-likeness (QED) is 0.706. The molecular formula is C14H11NO2S. The van der Waals surface area contributed by atoms with Gasteiger partial charge in [-0.15, -0.1) is 0 Å². The van der Waals surface area contributed by atoms with Gasteiger partial charge in [0.15, 0.2) is 0 Å². The number of para-hydroxylation sites is 1. The van der Waals surface area contributed by atoms with Crippen molar-refractivity contribution >= 4 is 21.6 Å². The highest BCUT2D eigenvalue weighted by molar-refractivity contribution is 7.16. The summed E-state index contributed by atoms with van der Waals surface area (Å²) >= 11 is 1.26. The molecule has 0 atom stereocenters. The predicted octanol–water partition coefficient (Wildman–Crippen LogP) is 3.06. The van der Waals surface area contributed by atoms with E-state index >= 15 is 0 Å². The number of hydrogen-bond acceptors (Lipinski definition) is 3. The van der Waals surface area contributed by atoms with Crippen LogP contribution in [-0.4, -0.2) is 11.7 Å². The molecule has 0 N–H and O–H groups in total. The number of methoxy groups -OCH3 is 1. The van der Waals surface area contributed by atoms with Crippen LogP contribution in [0.5, 0.6) is 5.75 Å². The van der Waals surface area contributed by atoms with Crippen LogP contribution in [0.2, 0.25) is 0 Å². The fourth-order valence-electron chi connectivity index (χ4n) is 1.94. The molecule has 0 aliphatic carbocycles. The van der Waals surface area contributed by atoms with E-state index in [4.69, 9.17) is 4.74 Å². The molecule has 2 aromatic carbocycles. The Hall–Kier alpha value is -2.07. The predicted molar refractivity (Wildman–Crippen MR) is 74.0 cm³/mol. The summed E-state index contributed by atoms with van der Waals surface area (Å²) in [5, 5.41) is 0. The first kappa shape index (κ1) is 11.0. The van der Waals surface area contributed by atoms with E-state index in [2.05, 4.69) is 0 Å². The van der Waals surface area contributed by atoms with Gasteiger partial charge >= 0.3 is 4.87 Å². The molecule has 0 amide bonds. The van der Waals surface area contributed by atoms with Crippen LogP contribution in [0.3, 0.4) is 0 Å². The van der Waals surface area contributed by atoms with Crippen molar-refractivity contribution in [3.8, 4) is 11.4 Å². The van der Waals surface area contributed by atoms with Crippen molar-refractivity contribution in [2.45, 2.75) is 0 Å². The van der Waals surface area contributed by atoms with Crippen LogP contribution in [-0.2, 0) is 0 Å². The molecule has 0 spiro atoms. The van der Waals surface area contributed by atoms with E-state index < -0.39 is 0 Å². The van der Waals surface area contributed by atoms with Crippen LogP contribution in [0.25, 0.3) is 15.9 Å². The molecule has 0 bridgehead atoms. The summed E-state index contributed by atoms with van der Waals surface area (Å²) in [5.41, 5.74) is 1.80. The molecule has 0 radical (unpaired) electrons. The molecule has 0 aliphatic rings. The molecule has 0 fully saturated rings. The van der Waals surface area contributed by atoms with Gasteiger partial charge in [-0.25, -0.2) is 0 Å². The first-order chi connectivity index (χ1) is 8.79. The van der Waals surface area contributed by atoms with Crippen molar-refractivity contribution in [2.24, 2.45) is 0 Å². The summed E-state index contributed by atoms with van der Waals surface area (Å²) in [6.45, 7) is 0. The Bertz CT molecular complexity index is 740. The molecule has 0 unspecified atom stereocenters. The zero-order valence-electron chi connectivity index (χ0n) is 9.79. The number of thiazole rings is 1. The number of rotatable bonds is 2. The topological polar surface area (TPSA) is 31.2 Å². The summed E-state index contributed by atoms with van der Waals surface area (Å²) in [7, 11) is 1.63. The van der Waals surface area contributed by atoms with E-state index in [0.29, 0.717) is 0 Å². The summed E-state index contributed by atoms with van der Waals surface area (Å²) in [6.07, 6.45) is 0. The van der Waals surface area contributed by atoms with Crippen molar-refractivity contribution in [3.63, 3.8) is 0 Å². The molecule has 3 aromatic rings. The van der Waals surface area contributed by atoms with Crippen molar-refractivity contribution in [1.82, 2.24) is 4.57 Å². The van der Waals surface area contributed by atoms with E-state index in [0.717, 1.165) is 21.7 Å². The third kappa shape index (κ3) is 1.71. The smallest absolute Gasteiger partial charge is 0.312 e. The highest BCUT2D eigenvalue weighted by Gasteiger charge is 2.08. The van der Waals surface area contributed by atoms with Crippen molar-refractivity contribution < 1.29 is 4.74 Å². The first-order valence-electron chi connectivity index (χ1n) is 5.54. The van der Waals surface area contributed by atoms with Crippen LogP contribution in [0.1, 0.15) is 0 Å². The minimum atomic E-state index is 0.0290. The second-order valence-electron chi connectivity index (χ2n) is 3.87. The Morgan fingerprint density at radius 3 is 2.50 bits per heavy atom. The number of benzene rings is 2. The van der Waals surface area contributed by atoms with Crippen molar-refractivity contribution in [1.29, 1.82) is 0 Å². The monoisotopic (exact) mass is 257 g/mol. The minimum absolute atomic E-state index is 0.0290. The Morgan fingerprint density at radius 2 is 1.78 bits per heavy atom. The molecule has 4 heteroatoms. The van der Waals surface area contributed by atoms with Crippen molar-refractivity contribution in [3.05, 3.63) is 58.2 Å². The lowest BCUT2D eigenvalue weighted by atomic mass is 10.3. The van der Waals surface area contributed by atoms with Gasteiger partial charge in [-0.2, -0.15) is 0 Å². The third-order valence-electron chi connectivity index (χ3n) is 2.82. The summed E-state index contributed by atoms with van der Waals surface area (Å²) < 4.78 is 7.84. The molecular weight excluding hydrogens is 246 g/mol. The molecule has 3 rings (SSSR count). The van der Waals surface area contributed by atoms with Gasteiger partial charge in [0, 0.05) is 0 Å². The highest BCUT2D eigenvalue weighted by atomic mass is 32.1. The SMILES string of the molecule is COc1ccc(-n2c(=O)sc3ccccc32)cc1. The van der Waals surface area contributed by atoms with Crippen molar-refractivity contribution in [2.75, 3.05) is 7.11 Å². The Morgan fingerprint density at radius 1 is 1.06 bits per heavy atom. The fourth-order valence-corrected chi connectivity index (χ4v) is 2.84. The molecule has 18 heavy (non-hydrogen) atoms. The van der Waals surface area contributed by atoms with Gasteiger partial charge in [-0.3, -0.25) is 9.36 Å². The molecule has 1 aromatic heterocycles. The van der Waals surface area contributed by atoms with Crippen LogP contribution in [0.15, 0.2) is 53.3 Å². The van der Waals surface area contributed by atoms with E-state index in [1.165, 1.54) is 11.3 Å². The first-order valence-corrected chi connectivity index (χ1v) is 6.36. The lowest BCUT2D eigenvalue weighted by molar-refractivity contribution is 0.415. The number of ether oxygens (including phenoxy) is 1. The maximum absolute atomic E-state index is 12.0. The zero-order chi connectivity index (χ0) is 12.5. The standard InChI is InChI=1S/C14H11NO2S/c1-17-11-8-6-10(7-9-11)15-12-4-2-3-5-13(12)18-14(15)16/h2-9H,1H3. The van der Waals surface area contributed by atoms with Crippen LogP contribution in [0, 0.1) is 0 Å². The largest absolute Gasteiger partial charge is 0.497 e. The van der Waals surface area contributed by atoms with Gasteiger partial charge in [-0.05, 0) is 36.4 Å². The van der Waals surface area contributed by atoms with E-state index in [1.807, 2.05) is 48.5 Å².